The van der Waals surface area contributed by atoms with Crippen LogP contribution in [-0.2, 0) is 11.3 Å². The second-order valence-electron chi connectivity index (χ2n) is 5.55. The van der Waals surface area contributed by atoms with Crippen LogP contribution >= 0.6 is 0 Å². The van der Waals surface area contributed by atoms with Gasteiger partial charge in [-0.1, -0.05) is 0 Å². The normalized spacial score (nSPS) is 18.7. The summed E-state index contributed by atoms with van der Waals surface area (Å²) in [6.45, 7) is 8.25. The average Bonchev–Trinajstić information content (AvgIpc) is 3.12. The first-order chi connectivity index (χ1) is 10.6. The largest absolute Gasteiger partial charge is 0.367 e. The molecule has 3 rings (SSSR count). The van der Waals surface area contributed by atoms with E-state index in [2.05, 4.69) is 15.1 Å². The first-order valence-electron chi connectivity index (χ1n) is 7.55. The highest BCUT2D eigenvalue weighted by atomic mass is 16.5. The molecule has 1 N–H and O–H groups in total. The number of carbonyl (C=O) groups excluding carboxylic acids is 1. The molecule has 0 bridgehead atoms. The third-order valence-electron chi connectivity index (χ3n) is 3.88. The van der Waals surface area contributed by atoms with Crippen molar-refractivity contribution in [1.82, 2.24) is 24.6 Å². The molecule has 22 heavy (non-hydrogen) atoms. The van der Waals surface area contributed by atoms with E-state index in [4.69, 9.17) is 4.74 Å². The number of hydrogen-bond acceptors (Lipinski definition) is 4. The number of aromatic amines is 1. The summed E-state index contributed by atoms with van der Waals surface area (Å²) >= 11 is 0. The molecule has 0 saturated carbocycles. The van der Waals surface area contributed by atoms with E-state index in [9.17, 15) is 4.79 Å². The van der Waals surface area contributed by atoms with Crippen LogP contribution in [0.15, 0.2) is 12.3 Å². The second-order valence-corrected chi connectivity index (χ2v) is 5.55. The molecular weight excluding hydrogens is 282 g/mol. The van der Waals surface area contributed by atoms with Crippen LogP contribution in [0.3, 0.4) is 0 Å². The van der Waals surface area contributed by atoms with Crippen LogP contribution in [0.5, 0.6) is 0 Å². The smallest absolute Gasteiger partial charge is 0.274 e. The van der Waals surface area contributed by atoms with E-state index in [1.807, 2.05) is 31.5 Å². The maximum atomic E-state index is 12.6. The number of H-pyrrole nitrogens is 1. The van der Waals surface area contributed by atoms with Gasteiger partial charge in [0.25, 0.3) is 5.91 Å². The van der Waals surface area contributed by atoms with E-state index < -0.39 is 0 Å². The number of rotatable bonds is 3. The molecular formula is C15H21N5O2. The Hall–Kier alpha value is -2.15. The van der Waals surface area contributed by atoms with Gasteiger partial charge in [-0.3, -0.25) is 9.48 Å². The molecule has 7 heteroatoms. The van der Waals surface area contributed by atoms with E-state index in [-0.39, 0.29) is 12.0 Å². The third-order valence-corrected chi connectivity index (χ3v) is 3.88. The molecule has 1 amide bonds. The van der Waals surface area contributed by atoms with E-state index >= 15 is 0 Å². The van der Waals surface area contributed by atoms with E-state index in [0.29, 0.717) is 25.4 Å². The molecule has 1 aliphatic heterocycles. The quantitative estimate of drug-likeness (QED) is 0.931. The van der Waals surface area contributed by atoms with Gasteiger partial charge in [0, 0.05) is 30.7 Å². The molecule has 0 aliphatic carbocycles. The molecule has 3 heterocycles. The zero-order valence-corrected chi connectivity index (χ0v) is 13.2. The summed E-state index contributed by atoms with van der Waals surface area (Å²) in [6.07, 6.45) is 1.56. The molecule has 1 saturated heterocycles. The molecule has 0 spiro atoms. The van der Waals surface area contributed by atoms with Crippen molar-refractivity contribution in [3.05, 3.63) is 35.2 Å². The standard InChI is InChI=1S/C15H21N5O2/c1-4-20-11(3)7-12(18-20)15(21)19-5-6-22-13(9-19)14-16-8-10(2)17-14/h7-8,13H,4-6,9H2,1-3H3,(H,16,17)/t13-/m1/s1. The third kappa shape index (κ3) is 2.76. The predicted molar refractivity (Wildman–Crippen MR) is 80.6 cm³/mol. The summed E-state index contributed by atoms with van der Waals surface area (Å²) < 4.78 is 7.56. The Morgan fingerprint density at radius 3 is 2.95 bits per heavy atom. The van der Waals surface area contributed by atoms with Gasteiger partial charge in [0.15, 0.2) is 5.69 Å². The summed E-state index contributed by atoms with van der Waals surface area (Å²) in [5.74, 6) is 0.720. The molecule has 7 nitrogen and oxygen atoms in total. The number of carbonyl (C=O) groups is 1. The summed E-state index contributed by atoms with van der Waals surface area (Å²) in [4.78, 5) is 21.9. The van der Waals surface area contributed by atoms with Gasteiger partial charge < -0.3 is 14.6 Å². The van der Waals surface area contributed by atoms with E-state index in [1.54, 1.807) is 11.1 Å². The second kappa shape index (κ2) is 5.92. The Bertz CT molecular complexity index is 675. The monoisotopic (exact) mass is 303 g/mol. The van der Waals surface area contributed by atoms with Crippen LogP contribution in [0, 0.1) is 13.8 Å². The SMILES string of the molecule is CCn1nc(C(=O)N2CCO[C@@H](c3ncc(C)[nH]3)C2)cc1C. The van der Waals surface area contributed by atoms with Crippen LogP contribution in [0.2, 0.25) is 0 Å². The first kappa shape index (κ1) is 14.8. The topological polar surface area (TPSA) is 76.0 Å². The van der Waals surface area contributed by atoms with E-state index in [1.165, 1.54) is 0 Å². The Balaban J connectivity index is 1.74. The van der Waals surface area contributed by atoms with Crippen LogP contribution in [0.25, 0.3) is 0 Å². The van der Waals surface area contributed by atoms with Crippen LogP contribution in [-0.4, -0.2) is 50.3 Å². The first-order valence-corrected chi connectivity index (χ1v) is 7.55. The highest BCUT2D eigenvalue weighted by Crippen LogP contribution is 2.21. The van der Waals surface area contributed by atoms with Gasteiger partial charge in [-0.25, -0.2) is 4.98 Å². The Morgan fingerprint density at radius 1 is 1.50 bits per heavy atom. The number of hydrogen-bond donors (Lipinski definition) is 1. The van der Waals surface area contributed by atoms with Gasteiger partial charge in [-0.2, -0.15) is 5.10 Å². The van der Waals surface area contributed by atoms with Crippen LogP contribution < -0.4 is 0 Å². The summed E-state index contributed by atoms with van der Waals surface area (Å²) in [7, 11) is 0. The fraction of sp³-hybridized carbons (Fsp3) is 0.533. The van der Waals surface area contributed by atoms with Crippen molar-refractivity contribution in [1.29, 1.82) is 0 Å². The number of morpholine rings is 1. The Labute approximate surface area is 129 Å². The van der Waals surface area contributed by atoms with Crippen molar-refractivity contribution in [2.75, 3.05) is 19.7 Å². The van der Waals surface area contributed by atoms with Crippen molar-refractivity contribution >= 4 is 5.91 Å². The number of aromatic nitrogens is 4. The molecule has 1 fully saturated rings. The van der Waals surface area contributed by atoms with Gasteiger partial charge >= 0.3 is 0 Å². The van der Waals surface area contributed by atoms with Gasteiger partial charge in [-0.05, 0) is 26.8 Å². The highest BCUT2D eigenvalue weighted by molar-refractivity contribution is 5.92. The number of ether oxygens (including phenoxy) is 1. The number of nitrogens with one attached hydrogen (secondary N) is 1. The van der Waals surface area contributed by atoms with Gasteiger partial charge in [0.05, 0.1) is 13.2 Å². The molecule has 1 aliphatic rings. The van der Waals surface area contributed by atoms with Crippen molar-refractivity contribution in [2.45, 2.75) is 33.4 Å². The van der Waals surface area contributed by atoms with Crippen LogP contribution in [0.1, 0.15) is 40.7 Å². The van der Waals surface area contributed by atoms with Gasteiger partial charge in [0.2, 0.25) is 0 Å². The van der Waals surface area contributed by atoms with Crippen LogP contribution in [0.4, 0.5) is 0 Å². The van der Waals surface area contributed by atoms with E-state index in [0.717, 1.165) is 23.8 Å². The molecule has 0 unspecified atom stereocenters. The number of imidazole rings is 1. The highest BCUT2D eigenvalue weighted by Gasteiger charge is 2.29. The fourth-order valence-corrected chi connectivity index (χ4v) is 2.69. The van der Waals surface area contributed by atoms with Crippen molar-refractivity contribution < 1.29 is 9.53 Å². The number of nitrogens with zero attached hydrogens (tertiary/aromatic N) is 4. The maximum absolute atomic E-state index is 12.6. The summed E-state index contributed by atoms with van der Waals surface area (Å²) in [5.41, 5.74) is 2.48. The lowest BCUT2D eigenvalue weighted by Gasteiger charge is -2.31. The molecule has 0 radical (unpaired) electrons. The van der Waals surface area contributed by atoms with Gasteiger partial charge in [0.1, 0.15) is 11.9 Å². The molecule has 2 aromatic rings. The average molecular weight is 303 g/mol. The zero-order chi connectivity index (χ0) is 15.7. The minimum atomic E-state index is -0.208. The minimum Gasteiger partial charge on any atom is -0.367 e. The molecule has 118 valence electrons. The minimum absolute atomic E-state index is 0.0492. The lowest BCUT2D eigenvalue weighted by atomic mass is 10.2. The predicted octanol–water partition coefficient (Wildman–Crippen LogP) is 1.46. The molecule has 0 aromatic carbocycles. The van der Waals surface area contributed by atoms with Gasteiger partial charge in [-0.15, -0.1) is 0 Å². The number of aryl methyl sites for hydroxylation is 3. The Morgan fingerprint density at radius 2 is 2.32 bits per heavy atom. The number of amides is 1. The summed E-state index contributed by atoms with van der Waals surface area (Å²) in [6, 6.07) is 1.84. The maximum Gasteiger partial charge on any atom is 0.274 e. The van der Waals surface area contributed by atoms with Crippen molar-refractivity contribution in [3.63, 3.8) is 0 Å². The Kier molecular flexibility index (Phi) is 3.98. The lowest BCUT2D eigenvalue weighted by Crippen LogP contribution is -2.42. The van der Waals surface area contributed by atoms with Crippen molar-refractivity contribution in [2.24, 2.45) is 0 Å². The zero-order valence-electron chi connectivity index (χ0n) is 13.2. The van der Waals surface area contributed by atoms with Crippen molar-refractivity contribution in [3.8, 4) is 0 Å². The lowest BCUT2D eigenvalue weighted by molar-refractivity contribution is -0.0266. The summed E-state index contributed by atoms with van der Waals surface area (Å²) in [5, 5.41) is 4.37. The molecule has 1 atom stereocenters. The molecule has 2 aromatic heterocycles. The fourth-order valence-electron chi connectivity index (χ4n) is 2.69.